The molecule has 0 radical (unpaired) electrons. The highest BCUT2D eigenvalue weighted by atomic mass is 127. The first-order valence-electron chi connectivity index (χ1n) is 8.80. The lowest BCUT2D eigenvalue weighted by Gasteiger charge is -2.08. The number of thioether (sulfide) groups is 1. The van der Waals surface area contributed by atoms with Crippen LogP contribution in [0.25, 0.3) is 0 Å². The van der Waals surface area contributed by atoms with Gasteiger partial charge in [-0.1, -0.05) is 49.1 Å². The molecule has 28 heavy (non-hydrogen) atoms. The minimum Gasteiger partial charge on any atom is -0.330 e. The minimum atomic E-state index is -0.0525. The normalized spacial score (nSPS) is 10.9. The van der Waals surface area contributed by atoms with E-state index in [0.29, 0.717) is 16.8 Å². The molecule has 2 aromatic carbocycles. The largest absolute Gasteiger partial charge is 0.330 e. The standard InChI is InChI=1S/C20H21IN4OS2/c1-12(2)14-4-7-16(8-5-14)22-19-24-25-20(28-19)27-11-18(26)23-17-9-6-15(21)10-13(17)3/h4-10,12H,11H2,1-3H3,(H,22,24)(H,23,26). The monoisotopic (exact) mass is 524 g/mol. The van der Waals surface area contributed by atoms with Crippen molar-refractivity contribution in [1.29, 1.82) is 0 Å². The number of carbonyl (C=O) groups excluding carboxylic acids is 1. The van der Waals surface area contributed by atoms with E-state index < -0.39 is 0 Å². The van der Waals surface area contributed by atoms with Crippen LogP contribution in [0.5, 0.6) is 0 Å². The molecule has 0 aliphatic heterocycles. The summed E-state index contributed by atoms with van der Waals surface area (Å²) in [6.07, 6.45) is 0. The molecule has 8 heteroatoms. The fourth-order valence-electron chi connectivity index (χ4n) is 2.47. The highest BCUT2D eigenvalue weighted by Gasteiger charge is 2.10. The predicted octanol–water partition coefficient (Wildman–Crippen LogP) is 6.05. The molecule has 0 atom stereocenters. The first-order chi connectivity index (χ1) is 13.4. The molecule has 2 N–H and O–H groups in total. The SMILES string of the molecule is Cc1cc(I)ccc1NC(=O)CSc1nnc(Nc2ccc(C(C)C)cc2)s1. The Bertz CT molecular complexity index is 957. The van der Waals surface area contributed by atoms with E-state index in [-0.39, 0.29) is 5.91 Å². The Hall–Kier alpha value is -1.65. The van der Waals surface area contributed by atoms with E-state index in [0.717, 1.165) is 24.8 Å². The summed E-state index contributed by atoms with van der Waals surface area (Å²) in [5, 5.41) is 15.2. The zero-order valence-corrected chi connectivity index (χ0v) is 19.6. The van der Waals surface area contributed by atoms with Gasteiger partial charge in [0.05, 0.1) is 5.75 Å². The summed E-state index contributed by atoms with van der Waals surface area (Å²) in [6, 6.07) is 14.3. The van der Waals surface area contributed by atoms with Crippen molar-refractivity contribution in [3.05, 3.63) is 57.2 Å². The molecule has 3 rings (SSSR count). The van der Waals surface area contributed by atoms with Gasteiger partial charge in [0.25, 0.3) is 0 Å². The van der Waals surface area contributed by atoms with Crippen molar-refractivity contribution in [2.45, 2.75) is 31.0 Å². The molecular weight excluding hydrogens is 503 g/mol. The van der Waals surface area contributed by atoms with Crippen LogP contribution < -0.4 is 10.6 Å². The van der Waals surface area contributed by atoms with Gasteiger partial charge in [0, 0.05) is 14.9 Å². The second kappa shape index (κ2) is 9.71. The minimum absolute atomic E-state index is 0.0525. The molecular formula is C20H21IN4OS2. The van der Waals surface area contributed by atoms with Gasteiger partial charge < -0.3 is 10.6 Å². The topological polar surface area (TPSA) is 66.9 Å². The number of nitrogens with zero attached hydrogens (tertiary/aromatic N) is 2. The molecule has 0 fully saturated rings. The molecule has 0 unspecified atom stereocenters. The average molecular weight is 524 g/mol. The van der Waals surface area contributed by atoms with Gasteiger partial charge in [0.2, 0.25) is 11.0 Å². The molecule has 0 bridgehead atoms. The van der Waals surface area contributed by atoms with Crippen molar-refractivity contribution < 1.29 is 4.79 Å². The van der Waals surface area contributed by atoms with Crippen molar-refractivity contribution in [3.8, 4) is 0 Å². The van der Waals surface area contributed by atoms with Crippen molar-refractivity contribution in [1.82, 2.24) is 10.2 Å². The number of anilines is 3. The summed E-state index contributed by atoms with van der Waals surface area (Å²) < 4.78 is 1.91. The maximum atomic E-state index is 12.2. The van der Waals surface area contributed by atoms with E-state index in [1.54, 1.807) is 0 Å². The number of carbonyl (C=O) groups is 1. The second-order valence-corrected chi connectivity index (χ2v) is 10.0. The zero-order chi connectivity index (χ0) is 20.1. The van der Waals surface area contributed by atoms with Gasteiger partial charge in [0.1, 0.15) is 0 Å². The van der Waals surface area contributed by atoms with Crippen LogP contribution in [0.2, 0.25) is 0 Å². The Balaban J connectivity index is 1.52. The smallest absolute Gasteiger partial charge is 0.234 e. The third kappa shape index (κ3) is 5.92. The summed E-state index contributed by atoms with van der Waals surface area (Å²) >= 11 is 5.08. The number of hydrogen-bond donors (Lipinski definition) is 2. The maximum Gasteiger partial charge on any atom is 0.234 e. The summed E-state index contributed by atoms with van der Waals surface area (Å²) in [5.41, 5.74) is 4.17. The van der Waals surface area contributed by atoms with Crippen molar-refractivity contribution in [3.63, 3.8) is 0 Å². The van der Waals surface area contributed by atoms with Crippen LogP contribution in [-0.2, 0) is 4.79 Å². The predicted molar refractivity (Wildman–Crippen MR) is 127 cm³/mol. The van der Waals surface area contributed by atoms with E-state index in [9.17, 15) is 4.79 Å². The third-order valence-corrected chi connectivity index (χ3v) is 6.67. The third-order valence-electron chi connectivity index (χ3n) is 4.02. The molecule has 3 aromatic rings. The zero-order valence-electron chi connectivity index (χ0n) is 15.8. The van der Waals surface area contributed by atoms with Crippen LogP contribution in [-0.4, -0.2) is 21.9 Å². The van der Waals surface area contributed by atoms with Gasteiger partial charge in [-0.2, -0.15) is 0 Å². The molecule has 1 aromatic heterocycles. The van der Waals surface area contributed by atoms with Gasteiger partial charge in [0.15, 0.2) is 4.34 Å². The molecule has 0 aliphatic rings. The van der Waals surface area contributed by atoms with E-state index in [4.69, 9.17) is 0 Å². The van der Waals surface area contributed by atoms with Crippen molar-refractivity contribution in [2.24, 2.45) is 0 Å². The van der Waals surface area contributed by atoms with Crippen LogP contribution in [0, 0.1) is 10.5 Å². The molecule has 0 spiro atoms. The van der Waals surface area contributed by atoms with E-state index in [1.165, 1.54) is 28.7 Å². The lowest BCUT2D eigenvalue weighted by Crippen LogP contribution is -2.14. The lowest BCUT2D eigenvalue weighted by atomic mass is 10.0. The number of aromatic nitrogens is 2. The van der Waals surface area contributed by atoms with E-state index >= 15 is 0 Å². The van der Waals surface area contributed by atoms with E-state index in [1.807, 2.05) is 37.3 Å². The summed E-state index contributed by atoms with van der Waals surface area (Å²) in [4.78, 5) is 12.2. The maximum absolute atomic E-state index is 12.2. The molecule has 1 heterocycles. The molecule has 0 saturated heterocycles. The number of rotatable bonds is 7. The Kier molecular flexibility index (Phi) is 7.30. The summed E-state index contributed by atoms with van der Waals surface area (Å²) in [6.45, 7) is 6.33. The number of nitrogens with one attached hydrogen (secondary N) is 2. The lowest BCUT2D eigenvalue weighted by molar-refractivity contribution is -0.113. The van der Waals surface area contributed by atoms with E-state index in [2.05, 4.69) is 69.4 Å². The average Bonchev–Trinajstić information content (AvgIpc) is 3.10. The van der Waals surface area contributed by atoms with Crippen LogP contribution in [0.3, 0.4) is 0 Å². The molecule has 146 valence electrons. The van der Waals surface area contributed by atoms with Crippen LogP contribution >= 0.6 is 45.7 Å². The van der Waals surface area contributed by atoms with Crippen LogP contribution in [0.1, 0.15) is 30.9 Å². The summed E-state index contributed by atoms with van der Waals surface area (Å²) in [5.74, 6) is 0.750. The Morgan fingerprint density at radius 3 is 2.61 bits per heavy atom. The van der Waals surface area contributed by atoms with Crippen LogP contribution in [0.4, 0.5) is 16.5 Å². The Morgan fingerprint density at radius 1 is 1.18 bits per heavy atom. The number of amides is 1. The van der Waals surface area contributed by atoms with Crippen LogP contribution in [0.15, 0.2) is 46.8 Å². The number of aryl methyl sites for hydroxylation is 1. The molecule has 0 aliphatic carbocycles. The van der Waals surface area contributed by atoms with Gasteiger partial charge in [-0.25, -0.2) is 0 Å². The highest BCUT2D eigenvalue weighted by Crippen LogP contribution is 2.28. The van der Waals surface area contributed by atoms with Gasteiger partial charge in [-0.3, -0.25) is 4.79 Å². The van der Waals surface area contributed by atoms with Crippen molar-refractivity contribution >= 4 is 68.1 Å². The van der Waals surface area contributed by atoms with Gasteiger partial charge >= 0.3 is 0 Å². The Labute approximate surface area is 186 Å². The fraction of sp³-hybridized carbons (Fsp3) is 0.250. The first-order valence-corrected chi connectivity index (χ1v) is 11.7. The second-order valence-electron chi connectivity index (χ2n) is 6.57. The molecule has 5 nitrogen and oxygen atoms in total. The quantitative estimate of drug-likeness (QED) is 0.291. The van der Waals surface area contributed by atoms with Crippen molar-refractivity contribution in [2.75, 3.05) is 16.4 Å². The number of hydrogen-bond acceptors (Lipinski definition) is 6. The molecule has 0 saturated carbocycles. The van der Waals surface area contributed by atoms with Gasteiger partial charge in [-0.15, -0.1) is 10.2 Å². The first kappa shape index (κ1) is 21.1. The number of halogens is 1. The Morgan fingerprint density at radius 2 is 1.93 bits per heavy atom. The fourth-order valence-corrected chi connectivity index (χ4v) is 4.69. The van der Waals surface area contributed by atoms with Gasteiger partial charge in [-0.05, 0) is 76.9 Å². The number of benzene rings is 2. The summed E-state index contributed by atoms with van der Waals surface area (Å²) in [7, 11) is 0. The molecule has 1 amide bonds. The highest BCUT2D eigenvalue weighted by molar-refractivity contribution is 14.1.